The molecule has 2 aromatic rings. The fraction of sp³-hybridized carbons (Fsp3) is 0.391. The van der Waals surface area contributed by atoms with E-state index in [1.54, 1.807) is 18.2 Å². The molecule has 0 spiro atoms. The second kappa shape index (κ2) is 11.0. The lowest BCUT2D eigenvalue weighted by Gasteiger charge is -2.28. The largest absolute Gasteiger partial charge is 0.489 e. The number of ether oxygens (including phenoxy) is 1. The Labute approximate surface area is 198 Å². The van der Waals surface area contributed by atoms with Crippen molar-refractivity contribution >= 4 is 40.5 Å². The zero-order chi connectivity index (χ0) is 23.1. The fourth-order valence-corrected chi connectivity index (χ4v) is 3.41. The van der Waals surface area contributed by atoms with Crippen molar-refractivity contribution in [2.75, 3.05) is 25.0 Å². The first-order valence-electron chi connectivity index (χ1n) is 10.4. The molecule has 2 aromatic carbocycles. The summed E-state index contributed by atoms with van der Waals surface area (Å²) in [6.45, 7) is 5.21. The monoisotopic (exact) mass is 478 g/mol. The van der Waals surface area contributed by atoms with Crippen molar-refractivity contribution in [2.24, 2.45) is 5.10 Å². The van der Waals surface area contributed by atoms with Gasteiger partial charge in [-0.15, -0.1) is 0 Å². The summed E-state index contributed by atoms with van der Waals surface area (Å²) in [5.41, 5.74) is 5.10. The Morgan fingerprint density at radius 3 is 2.62 bits per heavy atom. The number of anilines is 1. The quantitative estimate of drug-likeness (QED) is 0.416. The molecule has 7 nitrogen and oxygen atoms in total. The van der Waals surface area contributed by atoms with E-state index in [0.29, 0.717) is 41.7 Å². The number of aliphatic hydroxyl groups excluding tert-OH is 1. The summed E-state index contributed by atoms with van der Waals surface area (Å²) in [4.78, 5) is 11.2. The van der Waals surface area contributed by atoms with Crippen LogP contribution in [0.3, 0.4) is 0 Å². The summed E-state index contributed by atoms with van der Waals surface area (Å²) in [5, 5.41) is 22.1. The van der Waals surface area contributed by atoms with Gasteiger partial charge in [0.05, 0.1) is 10.7 Å². The van der Waals surface area contributed by atoms with E-state index in [1.165, 1.54) is 0 Å². The van der Waals surface area contributed by atoms with Crippen LogP contribution in [0.25, 0.3) is 0 Å². The van der Waals surface area contributed by atoms with Crippen molar-refractivity contribution in [3.8, 4) is 5.75 Å². The van der Waals surface area contributed by atoms with E-state index in [2.05, 4.69) is 35.0 Å². The molecular formula is C23H28Cl2N4O3. The number of hydrogen-bond acceptors (Lipinski definition) is 6. The van der Waals surface area contributed by atoms with E-state index >= 15 is 0 Å². The molecule has 0 bridgehead atoms. The van der Waals surface area contributed by atoms with Gasteiger partial charge in [-0.05, 0) is 43.7 Å². The molecule has 0 aromatic heterocycles. The summed E-state index contributed by atoms with van der Waals surface area (Å²) in [5.74, 6) is 0.399. The lowest BCUT2D eigenvalue weighted by molar-refractivity contribution is -0.121. The van der Waals surface area contributed by atoms with Crippen molar-refractivity contribution in [1.82, 2.24) is 10.7 Å². The van der Waals surface area contributed by atoms with Crippen LogP contribution in [-0.2, 0) is 4.79 Å². The first-order chi connectivity index (χ1) is 15.2. The fourth-order valence-electron chi connectivity index (χ4n) is 3.08. The molecule has 1 aliphatic heterocycles. The molecule has 1 aliphatic rings. The van der Waals surface area contributed by atoms with Crippen molar-refractivity contribution in [2.45, 2.75) is 38.3 Å². The highest BCUT2D eigenvalue weighted by atomic mass is 35.5. The van der Waals surface area contributed by atoms with E-state index in [-0.39, 0.29) is 18.1 Å². The van der Waals surface area contributed by atoms with Gasteiger partial charge in [0.15, 0.2) is 0 Å². The van der Waals surface area contributed by atoms with Crippen molar-refractivity contribution in [3.05, 3.63) is 58.1 Å². The van der Waals surface area contributed by atoms with Gasteiger partial charge in [0.25, 0.3) is 0 Å². The molecule has 3 rings (SSSR count). The third-order valence-corrected chi connectivity index (χ3v) is 5.55. The van der Waals surface area contributed by atoms with Crippen LogP contribution in [0.5, 0.6) is 5.75 Å². The predicted molar refractivity (Wildman–Crippen MR) is 129 cm³/mol. The van der Waals surface area contributed by atoms with Gasteiger partial charge in [0, 0.05) is 48.2 Å². The number of amides is 1. The summed E-state index contributed by atoms with van der Waals surface area (Å²) in [6, 6.07) is 12.9. The van der Waals surface area contributed by atoms with Crippen LogP contribution in [0, 0.1) is 0 Å². The Hall–Kier alpha value is -2.32. The summed E-state index contributed by atoms with van der Waals surface area (Å²) in [6.07, 6.45) is 0.396. The van der Waals surface area contributed by atoms with Crippen molar-refractivity contribution < 1.29 is 14.6 Å². The molecular weight excluding hydrogens is 451 g/mol. The molecule has 1 amide bonds. The highest BCUT2D eigenvalue weighted by Crippen LogP contribution is 2.27. The standard InChI is InChI=1S/C23H28Cl2N4O3/c1-23(2,27-12-18(30)13-32-21-11-16(24)5-8-19(21)25)14-26-17-6-3-15(4-7-17)20-9-10-22(31)29-28-20/h3-8,11,18,26-27,30H,9-10,12-14H2,1-2H3,(H,29,31)/t18-/m0/s1. The first kappa shape index (κ1) is 24.3. The molecule has 32 heavy (non-hydrogen) atoms. The average molecular weight is 479 g/mol. The van der Waals surface area contributed by atoms with E-state index in [0.717, 1.165) is 17.0 Å². The third-order valence-electron chi connectivity index (χ3n) is 5.00. The van der Waals surface area contributed by atoms with Gasteiger partial charge in [-0.2, -0.15) is 5.10 Å². The molecule has 0 saturated carbocycles. The van der Waals surface area contributed by atoms with Gasteiger partial charge < -0.3 is 20.5 Å². The van der Waals surface area contributed by atoms with Gasteiger partial charge >= 0.3 is 0 Å². The molecule has 1 heterocycles. The Bertz CT molecular complexity index is 964. The average Bonchev–Trinajstić information content (AvgIpc) is 2.78. The van der Waals surface area contributed by atoms with Gasteiger partial charge in [0.1, 0.15) is 18.5 Å². The van der Waals surface area contributed by atoms with Gasteiger partial charge in [0.2, 0.25) is 5.91 Å². The second-order valence-corrected chi connectivity index (χ2v) is 9.17. The lowest BCUT2D eigenvalue weighted by Crippen LogP contribution is -2.49. The molecule has 1 atom stereocenters. The third kappa shape index (κ3) is 7.38. The number of aliphatic hydroxyl groups is 1. The van der Waals surface area contributed by atoms with Crippen molar-refractivity contribution in [3.63, 3.8) is 0 Å². The molecule has 0 radical (unpaired) electrons. The maximum atomic E-state index is 11.2. The van der Waals surface area contributed by atoms with Crippen LogP contribution in [0.15, 0.2) is 47.6 Å². The van der Waals surface area contributed by atoms with E-state index in [1.807, 2.05) is 24.3 Å². The Morgan fingerprint density at radius 2 is 1.94 bits per heavy atom. The van der Waals surface area contributed by atoms with Crippen LogP contribution < -0.4 is 20.8 Å². The van der Waals surface area contributed by atoms with Crippen LogP contribution in [0.1, 0.15) is 32.3 Å². The minimum atomic E-state index is -0.708. The summed E-state index contributed by atoms with van der Waals surface area (Å²) in [7, 11) is 0. The number of carbonyl (C=O) groups is 1. The van der Waals surface area contributed by atoms with Gasteiger partial charge in [-0.3, -0.25) is 4.79 Å². The molecule has 0 saturated heterocycles. The molecule has 0 aliphatic carbocycles. The minimum Gasteiger partial charge on any atom is -0.489 e. The van der Waals surface area contributed by atoms with E-state index in [4.69, 9.17) is 27.9 Å². The summed E-state index contributed by atoms with van der Waals surface area (Å²) >= 11 is 12.0. The predicted octanol–water partition coefficient (Wildman–Crippen LogP) is 3.83. The van der Waals surface area contributed by atoms with Gasteiger partial charge in [-0.1, -0.05) is 35.3 Å². The van der Waals surface area contributed by atoms with Crippen LogP contribution in [0.4, 0.5) is 5.69 Å². The van der Waals surface area contributed by atoms with Crippen LogP contribution >= 0.6 is 23.2 Å². The number of hydrazone groups is 1. The van der Waals surface area contributed by atoms with E-state index < -0.39 is 6.10 Å². The zero-order valence-electron chi connectivity index (χ0n) is 18.1. The molecule has 0 fully saturated rings. The maximum absolute atomic E-state index is 11.2. The number of benzene rings is 2. The number of nitrogens with one attached hydrogen (secondary N) is 3. The lowest BCUT2D eigenvalue weighted by atomic mass is 10.0. The smallest absolute Gasteiger partial charge is 0.240 e. The highest BCUT2D eigenvalue weighted by Gasteiger charge is 2.19. The Morgan fingerprint density at radius 1 is 1.19 bits per heavy atom. The maximum Gasteiger partial charge on any atom is 0.240 e. The Kier molecular flexibility index (Phi) is 8.37. The zero-order valence-corrected chi connectivity index (χ0v) is 19.6. The summed E-state index contributed by atoms with van der Waals surface area (Å²) < 4.78 is 5.59. The number of rotatable bonds is 10. The number of β-amino-alcohol motifs (C(OH)–C–C–N with tert-alkyl or cyclic N) is 1. The second-order valence-electron chi connectivity index (χ2n) is 8.33. The molecule has 4 N–H and O–H groups in total. The normalized spacial score (nSPS) is 15.0. The van der Waals surface area contributed by atoms with Gasteiger partial charge in [-0.25, -0.2) is 5.43 Å². The van der Waals surface area contributed by atoms with E-state index in [9.17, 15) is 9.90 Å². The SMILES string of the molecule is CC(C)(CNc1ccc(C2=NNC(=O)CC2)cc1)NC[C@H](O)COc1cc(Cl)ccc1Cl. The molecule has 9 heteroatoms. The molecule has 0 unspecified atom stereocenters. The number of hydrogen-bond donors (Lipinski definition) is 4. The number of halogens is 2. The number of nitrogens with zero attached hydrogens (tertiary/aromatic N) is 1. The minimum absolute atomic E-state index is 0.0493. The first-order valence-corrected chi connectivity index (χ1v) is 11.2. The van der Waals surface area contributed by atoms with Crippen molar-refractivity contribution in [1.29, 1.82) is 0 Å². The Balaban J connectivity index is 1.42. The number of carbonyl (C=O) groups excluding carboxylic acids is 1. The highest BCUT2D eigenvalue weighted by molar-refractivity contribution is 6.34. The topological polar surface area (TPSA) is 95.0 Å². The van der Waals surface area contributed by atoms with Crippen LogP contribution in [-0.4, -0.2) is 48.1 Å². The molecule has 172 valence electrons. The van der Waals surface area contributed by atoms with Crippen LogP contribution in [0.2, 0.25) is 10.0 Å².